The van der Waals surface area contributed by atoms with Crippen LogP contribution < -0.4 is 10.5 Å². The maximum atomic E-state index is 5.95. The maximum Gasteiger partial charge on any atom is 0.119 e. The van der Waals surface area contributed by atoms with Crippen molar-refractivity contribution in [2.24, 2.45) is 5.73 Å². The van der Waals surface area contributed by atoms with Gasteiger partial charge < -0.3 is 10.5 Å². The molecule has 0 saturated heterocycles. The van der Waals surface area contributed by atoms with Crippen LogP contribution in [-0.4, -0.2) is 12.6 Å². The van der Waals surface area contributed by atoms with Gasteiger partial charge in [-0.05, 0) is 44.4 Å². The van der Waals surface area contributed by atoms with Gasteiger partial charge in [-0.15, -0.1) is 0 Å². The van der Waals surface area contributed by atoms with Crippen LogP contribution >= 0.6 is 0 Å². The lowest BCUT2D eigenvalue weighted by Gasteiger charge is -2.31. The van der Waals surface area contributed by atoms with Crippen LogP contribution in [0.4, 0.5) is 0 Å². The summed E-state index contributed by atoms with van der Waals surface area (Å²) in [6.45, 7) is 9.18. The zero-order valence-corrected chi connectivity index (χ0v) is 11.5. The number of rotatable bonds is 6. The van der Waals surface area contributed by atoms with Crippen molar-refractivity contribution in [1.29, 1.82) is 0 Å². The molecule has 0 aliphatic rings. The van der Waals surface area contributed by atoms with Crippen molar-refractivity contribution in [3.63, 3.8) is 0 Å². The van der Waals surface area contributed by atoms with Gasteiger partial charge in [-0.2, -0.15) is 0 Å². The second kappa shape index (κ2) is 6.06. The minimum absolute atomic E-state index is 0.121. The van der Waals surface area contributed by atoms with Gasteiger partial charge in [0.15, 0.2) is 0 Å². The van der Waals surface area contributed by atoms with E-state index < -0.39 is 0 Å². The van der Waals surface area contributed by atoms with E-state index in [1.807, 2.05) is 26.0 Å². The molecule has 0 fully saturated rings. The quantitative estimate of drug-likeness (QED) is 0.819. The third kappa shape index (κ3) is 3.22. The number of nitrogens with two attached hydrogens (primary N) is 1. The smallest absolute Gasteiger partial charge is 0.119 e. The second-order valence-corrected chi connectivity index (χ2v) is 4.88. The van der Waals surface area contributed by atoms with Crippen LogP contribution in [0.2, 0.25) is 0 Å². The fraction of sp³-hybridized carbons (Fsp3) is 0.600. The van der Waals surface area contributed by atoms with Crippen molar-refractivity contribution in [2.45, 2.75) is 52.1 Å². The first-order chi connectivity index (χ1) is 8.07. The topological polar surface area (TPSA) is 35.2 Å². The molecule has 0 aromatic heterocycles. The van der Waals surface area contributed by atoms with E-state index in [-0.39, 0.29) is 11.5 Å². The molecule has 2 nitrogen and oxygen atoms in total. The minimum atomic E-state index is 0.121. The summed E-state index contributed by atoms with van der Waals surface area (Å²) >= 11 is 0. The van der Waals surface area contributed by atoms with Gasteiger partial charge in [0.05, 0.1) is 6.10 Å². The summed E-state index contributed by atoms with van der Waals surface area (Å²) in [5.41, 5.74) is 7.39. The molecule has 0 radical (unpaired) electrons. The molecule has 0 aliphatic carbocycles. The molecule has 96 valence electrons. The lowest BCUT2D eigenvalue weighted by atomic mass is 9.76. The van der Waals surface area contributed by atoms with E-state index >= 15 is 0 Å². The molecule has 2 N–H and O–H groups in total. The molecule has 17 heavy (non-hydrogen) atoms. The molecule has 0 spiro atoms. The number of ether oxygens (including phenoxy) is 1. The van der Waals surface area contributed by atoms with Crippen LogP contribution in [-0.2, 0) is 5.41 Å². The van der Waals surface area contributed by atoms with Gasteiger partial charge in [-0.25, -0.2) is 0 Å². The van der Waals surface area contributed by atoms with E-state index in [1.54, 1.807) is 0 Å². The third-order valence-electron chi connectivity index (χ3n) is 3.58. The van der Waals surface area contributed by atoms with Gasteiger partial charge in [0, 0.05) is 12.0 Å². The van der Waals surface area contributed by atoms with Gasteiger partial charge in [0.25, 0.3) is 0 Å². The molecule has 0 aliphatic heterocycles. The first kappa shape index (κ1) is 14.0. The standard InChI is InChI=1S/C15H25NO/c1-5-15(6-2,11-16)13-7-9-14(10-8-13)17-12(3)4/h7-10,12H,5-6,11,16H2,1-4H3. The highest BCUT2D eigenvalue weighted by molar-refractivity contribution is 5.32. The molecule has 0 atom stereocenters. The molecular weight excluding hydrogens is 210 g/mol. The zero-order valence-electron chi connectivity index (χ0n) is 11.5. The molecule has 0 bridgehead atoms. The average molecular weight is 235 g/mol. The van der Waals surface area contributed by atoms with Crippen LogP contribution in [0.25, 0.3) is 0 Å². The van der Waals surface area contributed by atoms with Gasteiger partial charge in [0.1, 0.15) is 5.75 Å². The van der Waals surface area contributed by atoms with Crippen molar-refractivity contribution < 1.29 is 4.74 Å². The Hall–Kier alpha value is -1.02. The Morgan fingerprint density at radius 3 is 2.00 bits per heavy atom. The highest BCUT2D eigenvalue weighted by atomic mass is 16.5. The Labute approximate surface area is 105 Å². The van der Waals surface area contributed by atoms with Crippen LogP contribution in [0.1, 0.15) is 46.1 Å². The van der Waals surface area contributed by atoms with Crippen LogP contribution in [0, 0.1) is 0 Å². The lowest BCUT2D eigenvalue weighted by molar-refractivity contribution is 0.242. The van der Waals surface area contributed by atoms with E-state index in [0.717, 1.165) is 18.6 Å². The first-order valence-electron chi connectivity index (χ1n) is 6.55. The highest BCUT2D eigenvalue weighted by Crippen LogP contribution is 2.31. The number of benzene rings is 1. The predicted molar refractivity (Wildman–Crippen MR) is 73.5 cm³/mol. The van der Waals surface area contributed by atoms with Gasteiger partial charge in [0.2, 0.25) is 0 Å². The summed E-state index contributed by atoms with van der Waals surface area (Å²) in [7, 11) is 0. The lowest BCUT2D eigenvalue weighted by Crippen LogP contribution is -2.33. The maximum absolute atomic E-state index is 5.95. The van der Waals surface area contributed by atoms with E-state index in [2.05, 4.69) is 26.0 Å². The monoisotopic (exact) mass is 235 g/mol. The first-order valence-corrected chi connectivity index (χ1v) is 6.55. The van der Waals surface area contributed by atoms with Crippen LogP contribution in [0.3, 0.4) is 0 Å². The summed E-state index contributed by atoms with van der Waals surface area (Å²) in [5.74, 6) is 0.932. The molecular formula is C15H25NO. The zero-order chi connectivity index (χ0) is 12.9. The molecule has 0 amide bonds. The number of hydrogen-bond donors (Lipinski definition) is 1. The fourth-order valence-electron chi connectivity index (χ4n) is 2.22. The molecule has 1 aromatic rings. The van der Waals surface area contributed by atoms with Gasteiger partial charge in [-0.1, -0.05) is 26.0 Å². The van der Waals surface area contributed by atoms with Crippen molar-refractivity contribution >= 4 is 0 Å². The van der Waals surface area contributed by atoms with Crippen molar-refractivity contribution in [2.75, 3.05) is 6.54 Å². The summed E-state index contributed by atoms with van der Waals surface area (Å²) in [6.07, 6.45) is 2.37. The van der Waals surface area contributed by atoms with Crippen molar-refractivity contribution in [3.8, 4) is 5.75 Å². The van der Waals surface area contributed by atoms with Crippen LogP contribution in [0.5, 0.6) is 5.75 Å². The summed E-state index contributed by atoms with van der Waals surface area (Å²) < 4.78 is 5.65. The van der Waals surface area contributed by atoms with E-state index in [1.165, 1.54) is 5.56 Å². The molecule has 0 heterocycles. The molecule has 1 rings (SSSR count). The van der Waals surface area contributed by atoms with E-state index in [9.17, 15) is 0 Å². The SMILES string of the molecule is CCC(CC)(CN)c1ccc(OC(C)C)cc1. The predicted octanol–water partition coefficient (Wildman–Crippen LogP) is 3.49. The Kier molecular flexibility index (Phi) is 5.01. The largest absolute Gasteiger partial charge is 0.491 e. The summed E-state index contributed by atoms with van der Waals surface area (Å²) in [5, 5.41) is 0. The normalized spacial score (nSPS) is 11.9. The van der Waals surface area contributed by atoms with E-state index in [4.69, 9.17) is 10.5 Å². The van der Waals surface area contributed by atoms with Crippen molar-refractivity contribution in [3.05, 3.63) is 29.8 Å². The Balaban J connectivity index is 2.92. The molecule has 0 saturated carbocycles. The van der Waals surface area contributed by atoms with E-state index in [0.29, 0.717) is 6.54 Å². The molecule has 1 aromatic carbocycles. The van der Waals surface area contributed by atoms with Gasteiger partial charge >= 0.3 is 0 Å². The van der Waals surface area contributed by atoms with Gasteiger partial charge in [-0.3, -0.25) is 0 Å². The number of hydrogen-bond acceptors (Lipinski definition) is 2. The average Bonchev–Trinajstić information content (AvgIpc) is 2.33. The second-order valence-electron chi connectivity index (χ2n) is 4.88. The molecule has 2 heteroatoms. The fourth-order valence-corrected chi connectivity index (χ4v) is 2.22. The summed E-state index contributed by atoms with van der Waals surface area (Å²) in [4.78, 5) is 0. The van der Waals surface area contributed by atoms with Crippen LogP contribution in [0.15, 0.2) is 24.3 Å². The molecule has 0 unspecified atom stereocenters. The Morgan fingerprint density at radius 2 is 1.65 bits per heavy atom. The third-order valence-corrected chi connectivity index (χ3v) is 3.58. The highest BCUT2D eigenvalue weighted by Gasteiger charge is 2.26. The summed E-state index contributed by atoms with van der Waals surface area (Å²) in [6, 6.07) is 8.39. The minimum Gasteiger partial charge on any atom is -0.491 e. The Morgan fingerprint density at radius 1 is 1.12 bits per heavy atom. The Bertz CT molecular complexity index is 317. The van der Waals surface area contributed by atoms with Crippen molar-refractivity contribution in [1.82, 2.24) is 0 Å².